The summed E-state index contributed by atoms with van der Waals surface area (Å²) in [5, 5.41) is 13.8. The number of nitrogens with zero attached hydrogens (tertiary/aromatic N) is 1. The number of quaternary nitrogens is 1. The van der Waals surface area contributed by atoms with E-state index in [9.17, 15) is 19.4 Å². The Bertz CT molecular complexity index is 907. The van der Waals surface area contributed by atoms with Crippen LogP contribution in [0.1, 0.15) is 194 Å². The zero-order valence-corrected chi connectivity index (χ0v) is 35.7. The first kappa shape index (κ1) is 51.0. The van der Waals surface area contributed by atoms with Gasteiger partial charge in [0.15, 0.2) is 0 Å². The van der Waals surface area contributed by atoms with Crippen molar-refractivity contribution in [1.82, 2.24) is 5.32 Å². The van der Waals surface area contributed by atoms with Crippen molar-refractivity contribution in [1.29, 1.82) is 0 Å². The zero-order valence-electron chi connectivity index (χ0n) is 34.8. The number of allylic oxidation sites excluding steroid dienone is 3. The number of carbonyl (C=O) groups excluding carboxylic acids is 1. The van der Waals surface area contributed by atoms with E-state index in [1.165, 1.54) is 135 Å². The molecule has 0 aromatic heterocycles. The summed E-state index contributed by atoms with van der Waals surface area (Å²) in [5.41, 5.74) is 0. The first-order chi connectivity index (χ1) is 25.0. The second-order valence-electron chi connectivity index (χ2n) is 16.1. The van der Waals surface area contributed by atoms with E-state index in [-0.39, 0.29) is 19.1 Å². The molecule has 0 aliphatic heterocycles. The highest BCUT2D eigenvalue weighted by Crippen LogP contribution is 2.43. The molecule has 9 heteroatoms. The van der Waals surface area contributed by atoms with E-state index in [0.29, 0.717) is 17.4 Å². The predicted octanol–water partition coefficient (Wildman–Crippen LogP) is 11.7. The van der Waals surface area contributed by atoms with Gasteiger partial charge in [0.1, 0.15) is 13.2 Å². The molecule has 0 heterocycles. The van der Waals surface area contributed by atoms with Crippen molar-refractivity contribution in [2.24, 2.45) is 0 Å². The van der Waals surface area contributed by atoms with Gasteiger partial charge < -0.3 is 19.8 Å². The Morgan fingerprint density at radius 3 is 1.54 bits per heavy atom. The summed E-state index contributed by atoms with van der Waals surface area (Å²) in [7, 11) is 1.56. The maximum Gasteiger partial charge on any atom is 0.472 e. The van der Waals surface area contributed by atoms with Gasteiger partial charge in [0.05, 0.1) is 39.9 Å². The number of amides is 1. The molecule has 0 bridgehead atoms. The van der Waals surface area contributed by atoms with Crippen LogP contribution in [0.25, 0.3) is 0 Å². The van der Waals surface area contributed by atoms with Crippen molar-refractivity contribution in [3.8, 4) is 0 Å². The third-order valence-electron chi connectivity index (χ3n) is 9.67. The Morgan fingerprint density at radius 2 is 1.06 bits per heavy atom. The van der Waals surface area contributed by atoms with Gasteiger partial charge in [-0.05, 0) is 32.1 Å². The van der Waals surface area contributed by atoms with Gasteiger partial charge in [-0.2, -0.15) is 0 Å². The fourth-order valence-corrected chi connectivity index (χ4v) is 6.91. The minimum atomic E-state index is -4.34. The maximum atomic E-state index is 12.8. The van der Waals surface area contributed by atoms with E-state index in [1.807, 2.05) is 27.2 Å². The molecule has 308 valence electrons. The molecule has 0 spiro atoms. The number of phosphoric ester groups is 1. The molecule has 1 amide bonds. The standard InChI is InChI=1S/C43H85N2O6P/c1-6-8-10-12-14-16-18-20-22-23-25-27-29-31-33-35-37-43(47)44-41(40-51-52(48,49)50-39-38-45(3,4)5)42(46)36-34-32-30-28-26-24-21-19-17-15-13-11-9-7-2/h26,28,34,36,41-42,46H,6-25,27,29-33,35,37-40H2,1-5H3,(H-,44,47,48,49)/p+1/b28-26+,36-34+/t41-,42+/m0/s1. The first-order valence-electron chi connectivity index (χ1n) is 21.7. The summed E-state index contributed by atoms with van der Waals surface area (Å²) in [6.07, 6.45) is 41.0. The number of rotatable bonds is 39. The smallest absolute Gasteiger partial charge is 0.387 e. The van der Waals surface area contributed by atoms with Gasteiger partial charge in [0.2, 0.25) is 5.91 Å². The summed E-state index contributed by atoms with van der Waals surface area (Å²) in [6.45, 7) is 4.79. The molecule has 8 nitrogen and oxygen atoms in total. The molecule has 3 N–H and O–H groups in total. The molecule has 0 aromatic rings. The van der Waals surface area contributed by atoms with Crippen LogP contribution in [-0.4, -0.2) is 73.4 Å². The lowest BCUT2D eigenvalue weighted by Crippen LogP contribution is -2.45. The first-order valence-corrected chi connectivity index (χ1v) is 23.2. The van der Waals surface area contributed by atoms with Gasteiger partial charge in [-0.15, -0.1) is 0 Å². The molecule has 0 aromatic carbocycles. The molecule has 0 radical (unpaired) electrons. The topological polar surface area (TPSA) is 105 Å². The fraction of sp³-hybridized carbons (Fsp3) is 0.884. The van der Waals surface area contributed by atoms with Gasteiger partial charge in [-0.3, -0.25) is 13.8 Å². The average Bonchev–Trinajstić information content (AvgIpc) is 3.09. The lowest BCUT2D eigenvalue weighted by Gasteiger charge is -2.25. The Kier molecular flexibility index (Phi) is 35.0. The third kappa shape index (κ3) is 37.3. The van der Waals surface area contributed by atoms with E-state index in [4.69, 9.17) is 9.05 Å². The summed E-state index contributed by atoms with van der Waals surface area (Å²) in [5.74, 6) is -0.186. The minimum Gasteiger partial charge on any atom is -0.387 e. The van der Waals surface area contributed by atoms with Gasteiger partial charge in [0.25, 0.3) is 0 Å². The number of aliphatic hydroxyl groups is 1. The number of aliphatic hydroxyl groups excluding tert-OH is 1. The number of phosphoric acid groups is 1. The molecule has 0 saturated carbocycles. The second kappa shape index (κ2) is 35.7. The van der Waals surface area contributed by atoms with Crippen molar-refractivity contribution in [3.63, 3.8) is 0 Å². The molecule has 0 fully saturated rings. The van der Waals surface area contributed by atoms with Crippen LogP contribution in [0.15, 0.2) is 24.3 Å². The van der Waals surface area contributed by atoms with E-state index in [0.717, 1.165) is 38.5 Å². The minimum absolute atomic E-state index is 0.0581. The number of hydrogen-bond acceptors (Lipinski definition) is 5. The average molecular weight is 758 g/mol. The van der Waals surface area contributed by atoms with Crippen LogP contribution < -0.4 is 5.32 Å². The highest BCUT2D eigenvalue weighted by molar-refractivity contribution is 7.47. The Morgan fingerprint density at radius 1 is 0.635 bits per heavy atom. The molecular weight excluding hydrogens is 671 g/mol. The molecule has 0 aliphatic rings. The van der Waals surface area contributed by atoms with Crippen LogP contribution in [0, 0.1) is 0 Å². The molecule has 0 aliphatic carbocycles. The van der Waals surface area contributed by atoms with Crippen molar-refractivity contribution in [2.45, 2.75) is 206 Å². The maximum absolute atomic E-state index is 12.8. The summed E-state index contributed by atoms with van der Waals surface area (Å²) in [6, 6.07) is -0.857. The second-order valence-corrected chi connectivity index (χ2v) is 17.5. The van der Waals surface area contributed by atoms with Crippen LogP contribution in [-0.2, 0) is 18.4 Å². The number of unbranched alkanes of at least 4 members (excludes halogenated alkanes) is 24. The van der Waals surface area contributed by atoms with E-state index < -0.39 is 20.0 Å². The highest BCUT2D eigenvalue weighted by Gasteiger charge is 2.27. The molecule has 1 unspecified atom stereocenters. The Labute approximate surface area is 322 Å². The van der Waals surface area contributed by atoms with E-state index in [1.54, 1.807) is 6.08 Å². The van der Waals surface area contributed by atoms with Crippen LogP contribution in [0.2, 0.25) is 0 Å². The van der Waals surface area contributed by atoms with E-state index >= 15 is 0 Å². The van der Waals surface area contributed by atoms with Crippen molar-refractivity contribution in [3.05, 3.63) is 24.3 Å². The fourth-order valence-electron chi connectivity index (χ4n) is 6.17. The number of carbonyl (C=O) groups is 1. The lowest BCUT2D eigenvalue weighted by atomic mass is 10.0. The highest BCUT2D eigenvalue weighted by atomic mass is 31.2. The SMILES string of the molecule is CCCCCCCCCC/C=C/CC/C=C/[C@@H](O)[C@H](COP(=O)(O)OCC[N+](C)(C)C)NC(=O)CCCCCCCCCCCCCCCCCC. The summed E-state index contributed by atoms with van der Waals surface area (Å²) >= 11 is 0. The van der Waals surface area contributed by atoms with Crippen LogP contribution >= 0.6 is 7.82 Å². The molecule has 52 heavy (non-hydrogen) atoms. The van der Waals surface area contributed by atoms with Crippen molar-refractivity contribution < 1.29 is 32.9 Å². The van der Waals surface area contributed by atoms with Crippen LogP contribution in [0.3, 0.4) is 0 Å². The zero-order chi connectivity index (χ0) is 38.6. The summed E-state index contributed by atoms with van der Waals surface area (Å²) in [4.78, 5) is 23.1. The van der Waals surface area contributed by atoms with Gasteiger partial charge in [-0.1, -0.05) is 179 Å². The van der Waals surface area contributed by atoms with Crippen LogP contribution in [0.5, 0.6) is 0 Å². The monoisotopic (exact) mass is 758 g/mol. The Balaban J connectivity index is 4.47. The normalized spacial score (nSPS) is 14.7. The van der Waals surface area contributed by atoms with Gasteiger partial charge in [0, 0.05) is 6.42 Å². The quantitative estimate of drug-likeness (QED) is 0.0250. The molecule has 0 saturated heterocycles. The van der Waals surface area contributed by atoms with Crippen molar-refractivity contribution in [2.75, 3.05) is 40.9 Å². The third-order valence-corrected chi connectivity index (χ3v) is 10.7. The Hall–Kier alpha value is -1.02. The van der Waals surface area contributed by atoms with Gasteiger partial charge >= 0.3 is 7.82 Å². The number of likely N-dealkylation sites (N-methyl/N-ethyl adjacent to an activating group) is 1. The van der Waals surface area contributed by atoms with E-state index in [2.05, 4.69) is 31.3 Å². The molecule has 3 atom stereocenters. The number of hydrogen-bond donors (Lipinski definition) is 3. The van der Waals surface area contributed by atoms with Crippen LogP contribution in [0.4, 0.5) is 0 Å². The van der Waals surface area contributed by atoms with Crippen molar-refractivity contribution >= 4 is 13.7 Å². The predicted molar refractivity (Wildman–Crippen MR) is 221 cm³/mol. The largest absolute Gasteiger partial charge is 0.472 e. The molecule has 0 rings (SSSR count). The molecular formula is C43H86N2O6P+. The van der Waals surface area contributed by atoms with Gasteiger partial charge in [-0.25, -0.2) is 4.57 Å². The number of nitrogens with one attached hydrogen (secondary N) is 1. The summed E-state index contributed by atoms with van der Waals surface area (Å²) < 4.78 is 23.5. The lowest BCUT2D eigenvalue weighted by molar-refractivity contribution is -0.870.